The zero-order valence-electron chi connectivity index (χ0n) is 21.4. The molecule has 1 N–H and O–H groups in total. The number of benzene rings is 1. The number of pyridine rings is 1. The van der Waals surface area contributed by atoms with Crippen molar-refractivity contribution in [2.24, 2.45) is 0 Å². The van der Waals surface area contributed by atoms with Gasteiger partial charge in [-0.05, 0) is 44.0 Å². The summed E-state index contributed by atoms with van der Waals surface area (Å²) in [5.41, 5.74) is -0.264. The van der Waals surface area contributed by atoms with Gasteiger partial charge in [-0.1, -0.05) is 12.1 Å². The number of aromatic nitrogens is 5. The molecule has 41 heavy (non-hydrogen) atoms. The van der Waals surface area contributed by atoms with E-state index < -0.39 is 35.2 Å². The summed E-state index contributed by atoms with van der Waals surface area (Å²) >= 11 is 4.28. The van der Waals surface area contributed by atoms with Crippen molar-refractivity contribution in [1.29, 1.82) is 0 Å². The molecule has 9 nitrogen and oxygen atoms in total. The summed E-state index contributed by atoms with van der Waals surface area (Å²) in [6.07, 6.45) is -3.76. The molecule has 0 aliphatic carbocycles. The van der Waals surface area contributed by atoms with Crippen LogP contribution in [0.5, 0.6) is 0 Å². The number of likely N-dealkylation sites (tertiary alicyclic amines) is 1. The minimum Gasteiger partial charge on any atom is -0.414 e. The largest absolute Gasteiger partial charge is 0.433 e. The first-order valence-corrected chi connectivity index (χ1v) is 13.0. The second-order valence-electron chi connectivity index (χ2n) is 9.25. The minimum absolute atomic E-state index is 0.00706. The molecule has 0 unspecified atom stereocenters. The first kappa shape index (κ1) is 28.4. The molecule has 0 saturated carbocycles. The minimum atomic E-state index is -4.64. The number of piperidine rings is 1. The summed E-state index contributed by atoms with van der Waals surface area (Å²) in [4.78, 5) is 26.8. The Morgan fingerprint density at radius 1 is 1.02 bits per heavy atom. The third-order valence-electron chi connectivity index (χ3n) is 6.57. The van der Waals surface area contributed by atoms with Crippen molar-refractivity contribution in [2.45, 2.75) is 37.6 Å². The molecule has 0 spiro atoms. The average Bonchev–Trinajstić information content (AvgIpc) is 3.44. The summed E-state index contributed by atoms with van der Waals surface area (Å²) in [5, 5.41) is 10.2. The molecule has 0 atom stereocenters. The fourth-order valence-electron chi connectivity index (χ4n) is 4.58. The number of carbonyl (C=O) groups is 1. The topological polar surface area (TPSA) is 110 Å². The summed E-state index contributed by atoms with van der Waals surface area (Å²) in [5.74, 6) is -1.47. The van der Waals surface area contributed by atoms with Crippen molar-refractivity contribution in [1.82, 2.24) is 30.0 Å². The van der Waals surface area contributed by atoms with Crippen LogP contribution in [0, 0.1) is 18.6 Å². The second-order valence-corrected chi connectivity index (χ2v) is 9.57. The van der Waals surface area contributed by atoms with Gasteiger partial charge in [0.2, 0.25) is 0 Å². The number of carbonyl (C=O) groups excluding carboxylic acids is 1. The van der Waals surface area contributed by atoms with Crippen LogP contribution < -0.4 is 5.32 Å². The highest BCUT2D eigenvalue weighted by atomic mass is 32.1. The summed E-state index contributed by atoms with van der Waals surface area (Å²) < 4.78 is 73.2. The maximum absolute atomic E-state index is 14.0. The maximum Gasteiger partial charge on any atom is 0.433 e. The number of urea groups is 1. The first-order chi connectivity index (χ1) is 19.5. The molecule has 15 heteroatoms. The highest BCUT2D eigenvalue weighted by Crippen LogP contribution is 2.37. The summed E-state index contributed by atoms with van der Waals surface area (Å²) in [7, 11) is 0. The van der Waals surface area contributed by atoms with Crippen LogP contribution in [0.1, 0.15) is 41.7 Å². The zero-order chi connectivity index (χ0) is 29.3. The molecular weight excluding hydrogens is 569 g/mol. The molecule has 1 saturated heterocycles. The lowest BCUT2D eigenvalue weighted by Crippen LogP contribution is -2.41. The molecule has 1 aromatic carbocycles. The highest BCUT2D eigenvalue weighted by molar-refractivity contribution is 7.79. The number of rotatable bonds is 5. The van der Waals surface area contributed by atoms with Crippen molar-refractivity contribution in [3.8, 4) is 23.0 Å². The molecule has 3 aromatic heterocycles. The molecular formula is C26H22F5N7O2S. The Balaban J connectivity index is 1.39. The van der Waals surface area contributed by atoms with Gasteiger partial charge in [0.25, 0.3) is 11.8 Å². The number of thiol groups is 1. The molecule has 4 aromatic rings. The number of amides is 2. The smallest absolute Gasteiger partial charge is 0.414 e. The monoisotopic (exact) mass is 591 g/mol. The zero-order valence-corrected chi connectivity index (χ0v) is 22.3. The lowest BCUT2D eigenvalue weighted by molar-refractivity contribution is -0.141. The predicted molar refractivity (Wildman–Crippen MR) is 140 cm³/mol. The molecule has 4 heterocycles. The van der Waals surface area contributed by atoms with Gasteiger partial charge >= 0.3 is 12.2 Å². The van der Waals surface area contributed by atoms with Crippen LogP contribution in [-0.2, 0) is 11.9 Å². The van der Waals surface area contributed by atoms with Crippen LogP contribution in [0.4, 0.5) is 32.4 Å². The highest BCUT2D eigenvalue weighted by Gasteiger charge is 2.34. The fraction of sp³-hybridized carbons (Fsp3) is 0.308. The number of nitrogens with one attached hydrogen (secondary N) is 1. The van der Waals surface area contributed by atoms with Gasteiger partial charge in [-0.2, -0.15) is 25.8 Å². The lowest BCUT2D eigenvalue weighted by atomic mass is 9.90. The van der Waals surface area contributed by atoms with Crippen LogP contribution in [0.3, 0.4) is 0 Å². The Kier molecular flexibility index (Phi) is 7.89. The van der Waals surface area contributed by atoms with E-state index in [0.717, 1.165) is 18.2 Å². The first-order valence-electron chi connectivity index (χ1n) is 12.4. The normalized spacial score (nSPS) is 14.4. The van der Waals surface area contributed by atoms with Crippen LogP contribution >= 0.6 is 12.6 Å². The van der Waals surface area contributed by atoms with Crippen molar-refractivity contribution in [3.05, 3.63) is 70.9 Å². The Labute approximate surface area is 235 Å². The van der Waals surface area contributed by atoms with Crippen LogP contribution in [0.15, 0.2) is 40.8 Å². The Bertz CT molecular complexity index is 1570. The van der Waals surface area contributed by atoms with Gasteiger partial charge in [0.1, 0.15) is 34.5 Å². The molecule has 2 amide bonds. The Morgan fingerprint density at radius 3 is 2.34 bits per heavy atom. The molecule has 1 aliphatic heterocycles. The van der Waals surface area contributed by atoms with E-state index in [4.69, 9.17) is 4.42 Å². The van der Waals surface area contributed by atoms with Crippen LogP contribution in [0.2, 0.25) is 0 Å². The quantitative estimate of drug-likeness (QED) is 0.215. The molecule has 0 radical (unpaired) electrons. The average molecular weight is 592 g/mol. The number of para-hydroxylation sites is 1. The van der Waals surface area contributed by atoms with E-state index in [1.54, 1.807) is 6.92 Å². The molecule has 5 rings (SSSR count). The van der Waals surface area contributed by atoms with Crippen molar-refractivity contribution < 1.29 is 31.2 Å². The van der Waals surface area contributed by atoms with Crippen LogP contribution in [-0.4, -0.2) is 49.2 Å². The van der Waals surface area contributed by atoms with Gasteiger partial charge in [0.05, 0.1) is 22.7 Å². The number of hydrogen-bond acceptors (Lipinski definition) is 8. The number of aryl methyl sites for hydroxylation is 1. The van der Waals surface area contributed by atoms with Gasteiger partial charge < -0.3 is 14.6 Å². The summed E-state index contributed by atoms with van der Waals surface area (Å²) in [6.45, 7) is 2.23. The van der Waals surface area contributed by atoms with Gasteiger partial charge in [0.15, 0.2) is 0 Å². The lowest BCUT2D eigenvalue weighted by Gasteiger charge is -2.32. The van der Waals surface area contributed by atoms with E-state index in [-0.39, 0.29) is 42.2 Å². The van der Waals surface area contributed by atoms with E-state index in [0.29, 0.717) is 35.6 Å². The van der Waals surface area contributed by atoms with Gasteiger partial charge in [-0.25, -0.2) is 28.5 Å². The third kappa shape index (κ3) is 5.99. The van der Waals surface area contributed by atoms with E-state index in [1.165, 1.54) is 23.1 Å². The number of halogens is 5. The van der Waals surface area contributed by atoms with Crippen molar-refractivity contribution in [2.75, 3.05) is 18.4 Å². The fourth-order valence-corrected chi connectivity index (χ4v) is 4.73. The van der Waals surface area contributed by atoms with Crippen LogP contribution in [0.25, 0.3) is 23.0 Å². The predicted octanol–water partition coefficient (Wildman–Crippen LogP) is 6.04. The SMILES string of the molecule is Cc1nc(CS)nc(C2CCN(C(=O)Nc3c(F)cccc3F)CC2)c1-c1nnc(-c2cccc(C(F)(F)F)n2)o1. The molecule has 1 aliphatic rings. The van der Waals surface area contributed by atoms with Gasteiger partial charge in [-0.15, -0.1) is 10.2 Å². The number of anilines is 1. The second kappa shape index (κ2) is 11.4. The number of nitrogens with zero attached hydrogens (tertiary/aromatic N) is 6. The molecule has 0 bridgehead atoms. The van der Waals surface area contributed by atoms with Gasteiger partial charge in [-0.3, -0.25) is 0 Å². The van der Waals surface area contributed by atoms with Crippen molar-refractivity contribution in [3.63, 3.8) is 0 Å². The molecule has 1 fully saturated rings. The van der Waals surface area contributed by atoms with Crippen molar-refractivity contribution >= 4 is 24.3 Å². The van der Waals surface area contributed by atoms with Gasteiger partial charge in [0, 0.05) is 19.0 Å². The Morgan fingerprint density at radius 2 is 1.68 bits per heavy atom. The van der Waals surface area contributed by atoms with E-state index >= 15 is 0 Å². The number of hydrogen-bond donors (Lipinski definition) is 2. The van der Waals surface area contributed by atoms with E-state index in [2.05, 4.69) is 43.1 Å². The van der Waals surface area contributed by atoms with E-state index in [1.807, 2.05) is 0 Å². The third-order valence-corrected chi connectivity index (χ3v) is 6.85. The standard InChI is InChI=1S/C26H22F5N7O2S/c1-13-20(24-37-36-23(40-24)17-6-3-7-18(33-17)26(29,30)31)21(34-19(12-41)32-13)14-8-10-38(11-9-14)25(39)35-22-15(27)4-2-5-16(22)28/h2-7,14,41H,8-12H2,1H3,(H,35,39). The number of alkyl halides is 3. The van der Waals surface area contributed by atoms with E-state index in [9.17, 15) is 26.7 Å². The summed E-state index contributed by atoms with van der Waals surface area (Å²) in [6, 6.07) is 6.03. The maximum atomic E-state index is 14.0. The Hall–Kier alpha value is -4.14. The molecule has 214 valence electrons.